The monoisotopic (exact) mass is 195 g/mol. The van der Waals surface area contributed by atoms with Gasteiger partial charge in [0.15, 0.2) is 0 Å². The van der Waals surface area contributed by atoms with Crippen molar-refractivity contribution in [2.24, 2.45) is 5.73 Å². The highest BCUT2D eigenvalue weighted by Crippen LogP contribution is 2.36. The summed E-state index contributed by atoms with van der Waals surface area (Å²) in [7, 11) is 0. The average Bonchev–Trinajstić information content (AvgIpc) is 2.74. The van der Waals surface area contributed by atoms with Crippen LogP contribution >= 0.6 is 0 Å². The Hall–Kier alpha value is -0.800. The van der Waals surface area contributed by atoms with Crippen LogP contribution in [-0.2, 0) is 4.74 Å². The molecule has 2 rings (SSSR count). The number of hydrogen-bond acceptors (Lipinski definition) is 3. The summed E-state index contributed by atoms with van der Waals surface area (Å²) >= 11 is 0. The van der Waals surface area contributed by atoms with Gasteiger partial charge >= 0.3 is 0 Å². The van der Waals surface area contributed by atoms with E-state index in [1.807, 2.05) is 19.1 Å². The largest absolute Gasteiger partial charge is 0.465 e. The van der Waals surface area contributed by atoms with Gasteiger partial charge in [0.1, 0.15) is 11.5 Å². The van der Waals surface area contributed by atoms with Crippen molar-refractivity contribution in [3.63, 3.8) is 0 Å². The maximum absolute atomic E-state index is 6.13. The van der Waals surface area contributed by atoms with E-state index in [1.54, 1.807) is 0 Å². The van der Waals surface area contributed by atoms with Crippen LogP contribution in [0.1, 0.15) is 37.3 Å². The molecule has 0 amide bonds. The lowest BCUT2D eigenvalue weighted by Crippen LogP contribution is -2.37. The van der Waals surface area contributed by atoms with Crippen LogP contribution in [0.25, 0.3) is 0 Å². The summed E-state index contributed by atoms with van der Waals surface area (Å²) in [6, 6.07) is 3.72. The van der Waals surface area contributed by atoms with Gasteiger partial charge in [-0.25, -0.2) is 0 Å². The second-order valence-electron chi connectivity index (χ2n) is 4.19. The molecule has 1 aromatic heterocycles. The van der Waals surface area contributed by atoms with Gasteiger partial charge in [0.2, 0.25) is 0 Å². The summed E-state index contributed by atoms with van der Waals surface area (Å²) in [4.78, 5) is 0. The molecule has 0 aromatic carbocycles. The van der Waals surface area contributed by atoms with Crippen LogP contribution in [0.2, 0.25) is 0 Å². The van der Waals surface area contributed by atoms with Gasteiger partial charge in [0.05, 0.1) is 11.6 Å². The summed E-state index contributed by atoms with van der Waals surface area (Å²) in [6.45, 7) is 4.79. The molecule has 1 fully saturated rings. The molecule has 14 heavy (non-hydrogen) atoms. The molecule has 1 aliphatic rings. The molecule has 78 valence electrons. The van der Waals surface area contributed by atoms with E-state index in [2.05, 4.69) is 6.92 Å². The summed E-state index contributed by atoms with van der Waals surface area (Å²) < 4.78 is 11.2. The van der Waals surface area contributed by atoms with Crippen molar-refractivity contribution in [3.8, 4) is 0 Å². The Morgan fingerprint density at radius 1 is 1.50 bits per heavy atom. The van der Waals surface area contributed by atoms with Crippen LogP contribution in [0, 0.1) is 6.92 Å². The lowest BCUT2D eigenvalue weighted by Gasteiger charge is -2.28. The minimum atomic E-state index is -0.246. The highest BCUT2D eigenvalue weighted by atomic mass is 16.5. The zero-order valence-corrected chi connectivity index (χ0v) is 8.75. The third-order valence-corrected chi connectivity index (χ3v) is 2.97. The molecule has 1 saturated heterocycles. The number of hydrogen-bond donors (Lipinski definition) is 1. The molecule has 2 unspecified atom stereocenters. The zero-order valence-electron chi connectivity index (χ0n) is 8.75. The van der Waals surface area contributed by atoms with Gasteiger partial charge in [0, 0.05) is 6.61 Å². The third kappa shape index (κ3) is 1.57. The second kappa shape index (κ2) is 3.41. The van der Waals surface area contributed by atoms with E-state index < -0.39 is 0 Å². The number of rotatable bonds is 2. The Morgan fingerprint density at radius 3 is 2.79 bits per heavy atom. The van der Waals surface area contributed by atoms with E-state index in [9.17, 15) is 0 Å². The van der Waals surface area contributed by atoms with Gasteiger partial charge in [-0.15, -0.1) is 0 Å². The smallest absolute Gasteiger partial charge is 0.123 e. The predicted octanol–water partition coefficient (Wildman–Crippen LogP) is 2.16. The van der Waals surface area contributed by atoms with Crippen LogP contribution in [0.15, 0.2) is 16.5 Å². The van der Waals surface area contributed by atoms with Gasteiger partial charge in [-0.3, -0.25) is 0 Å². The van der Waals surface area contributed by atoms with E-state index in [1.165, 1.54) is 0 Å². The molecular weight excluding hydrogens is 178 g/mol. The molecular formula is C11H17NO2. The van der Waals surface area contributed by atoms with E-state index in [4.69, 9.17) is 14.9 Å². The van der Waals surface area contributed by atoms with E-state index >= 15 is 0 Å². The van der Waals surface area contributed by atoms with Crippen molar-refractivity contribution in [2.75, 3.05) is 6.61 Å². The minimum Gasteiger partial charge on any atom is -0.465 e. The minimum absolute atomic E-state index is 0.154. The SMILES string of the molecule is Cc1ccc(C(N)C2(C)CCCO2)o1. The zero-order chi connectivity index (χ0) is 10.2. The van der Waals surface area contributed by atoms with E-state index in [0.717, 1.165) is 31.0 Å². The maximum atomic E-state index is 6.13. The first-order valence-corrected chi connectivity index (χ1v) is 5.08. The second-order valence-corrected chi connectivity index (χ2v) is 4.19. The lowest BCUT2D eigenvalue weighted by molar-refractivity contribution is -0.00699. The normalized spacial score (nSPS) is 29.4. The molecule has 0 saturated carbocycles. The number of furan rings is 1. The molecule has 2 heterocycles. The topological polar surface area (TPSA) is 48.4 Å². The van der Waals surface area contributed by atoms with Gasteiger partial charge in [-0.05, 0) is 38.8 Å². The molecule has 0 radical (unpaired) electrons. The fourth-order valence-corrected chi connectivity index (χ4v) is 1.97. The molecule has 0 aliphatic carbocycles. The average molecular weight is 195 g/mol. The lowest BCUT2D eigenvalue weighted by atomic mass is 9.92. The third-order valence-electron chi connectivity index (χ3n) is 2.97. The number of nitrogens with two attached hydrogens (primary N) is 1. The predicted molar refractivity (Wildman–Crippen MR) is 54.0 cm³/mol. The molecule has 2 atom stereocenters. The molecule has 0 spiro atoms. The highest BCUT2D eigenvalue weighted by Gasteiger charge is 2.38. The first-order valence-electron chi connectivity index (χ1n) is 5.08. The van der Waals surface area contributed by atoms with Crippen molar-refractivity contribution in [3.05, 3.63) is 23.7 Å². The summed E-state index contributed by atoms with van der Waals surface area (Å²) in [5.41, 5.74) is 5.88. The summed E-state index contributed by atoms with van der Waals surface area (Å²) in [5.74, 6) is 1.73. The van der Waals surface area contributed by atoms with Gasteiger partial charge in [-0.1, -0.05) is 0 Å². The van der Waals surface area contributed by atoms with Gasteiger partial charge in [0.25, 0.3) is 0 Å². The Labute approximate surface area is 84.2 Å². The van der Waals surface area contributed by atoms with Crippen LogP contribution in [-0.4, -0.2) is 12.2 Å². The number of ether oxygens (including phenoxy) is 1. The van der Waals surface area contributed by atoms with Crippen molar-refractivity contribution in [2.45, 2.75) is 38.3 Å². The molecule has 0 bridgehead atoms. The fraction of sp³-hybridized carbons (Fsp3) is 0.636. The Morgan fingerprint density at radius 2 is 2.29 bits per heavy atom. The molecule has 2 N–H and O–H groups in total. The van der Waals surface area contributed by atoms with Gasteiger partial charge < -0.3 is 14.9 Å². The highest BCUT2D eigenvalue weighted by molar-refractivity contribution is 5.13. The van der Waals surface area contributed by atoms with Crippen LogP contribution < -0.4 is 5.73 Å². The van der Waals surface area contributed by atoms with Gasteiger partial charge in [-0.2, -0.15) is 0 Å². The Kier molecular flexibility index (Phi) is 2.37. The van der Waals surface area contributed by atoms with Crippen molar-refractivity contribution in [1.82, 2.24) is 0 Å². The summed E-state index contributed by atoms with van der Waals surface area (Å²) in [6.07, 6.45) is 2.10. The van der Waals surface area contributed by atoms with Crippen LogP contribution in [0.5, 0.6) is 0 Å². The molecule has 1 aromatic rings. The van der Waals surface area contributed by atoms with Crippen LogP contribution in [0.3, 0.4) is 0 Å². The first kappa shape index (κ1) is 9.74. The maximum Gasteiger partial charge on any atom is 0.123 e. The fourth-order valence-electron chi connectivity index (χ4n) is 1.97. The van der Waals surface area contributed by atoms with Crippen molar-refractivity contribution < 1.29 is 9.15 Å². The standard InChI is InChI=1S/C11H17NO2/c1-8-4-5-9(14-8)10(12)11(2)6-3-7-13-11/h4-5,10H,3,6-7,12H2,1-2H3. The molecule has 3 nitrogen and oxygen atoms in total. The first-order chi connectivity index (χ1) is 6.62. The Balaban J connectivity index is 2.18. The van der Waals surface area contributed by atoms with E-state index in [-0.39, 0.29) is 11.6 Å². The van der Waals surface area contributed by atoms with Crippen molar-refractivity contribution in [1.29, 1.82) is 0 Å². The molecule has 1 aliphatic heterocycles. The Bertz CT molecular complexity index is 313. The number of aryl methyl sites for hydroxylation is 1. The van der Waals surface area contributed by atoms with E-state index in [0.29, 0.717) is 0 Å². The van der Waals surface area contributed by atoms with Crippen molar-refractivity contribution >= 4 is 0 Å². The quantitative estimate of drug-likeness (QED) is 0.786. The molecule has 3 heteroatoms. The van der Waals surface area contributed by atoms with Crippen LogP contribution in [0.4, 0.5) is 0 Å². The summed E-state index contributed by atoms with van der Waals surface area (Å²) in [5, 5.41) is 0.